The third kappa shape index (κ3) is 3.60. The fourth-order valence-electron chi connectivity index (χ4n) is 2.95. The van der Waals surface area contributed by atoms with Crippen molar-refractivity contribution in [3.05, 3.63) is 0 Å². The molecule has 0 bridgehead atoms. The molecular formula is C13H24N2O2. The lowest BCUT2D eigenvalue weighted by Gasteiger charge is -2.32. The average Bonchev–Trinajstić information content (AvgIpc) is 2.83. The van der Waals surface area contributed by atoms with E-state index in [1.807, 2.05) is 11.8 Å². The van der Waals surface area contributed by atoms with Gasteiger partial charge in [0.15, 0.2) is 0 Å². The minimum absolute atomic E-state index is 0.131. The first-order valence-electron chi connectivity index (χ1n) is 6.92. The van der Waals surface area contributed by atoms with Crippen LogP contribution in [0.4, 0.5) is 4.79 Å². The molecule has 1 N–H and O–H groups in total. The highest BCUT2D eigenvalue weighted by Crippen LogP contribution is 2.27. The second-order valence-electron chi connectivity index (χ2n) is 5.22. The molecule has 2 saturated heterocycles. The van der Waals surface area contributed by atoms with Crippen LogP contribution in [0.3, 0.4) is 0 Å². The van der Waals surface area contributed by atoms with Crippen molar-refractivity contribution in [2.75, 3.05) is 32.8 Å². The van der Waals surface area contributed by atoms with Crippen molar-refractivity contribution in [1.82, 2.24) is 10.2 Å². The summed E-state index contributed by atoms with van der Waals surface area (Å²) in [5.41, 5.74) is 0. The summed E-state index contributed by atoms with van der Waals surface area (Å²) in [5, 5.41) is 3.42. The zero-order valence-corrected chi connectivity index (χ0v) is 10.8. The Morgan fingerprint density at radius 3 is 2.65 bits per heavy atom. The van der Waals surface area contributed by atoms with Crippen molar-refractivity contribution < 1.29 is 9.53 Å². The summed E-state index contributed by atoms with van der Waals surface area (Å²) in [4.78, 5) is 13.4. The van der Waals surface area contributed by atoms with Crippen molar-refractivity contribution >= 4 is 6.09 Å². The fraction of sp³-hybridized carbons (Fsp3) is 0.923. The molecule has 0 aliphatic carbocycles. The van der Waals surface area contributed by atoms with Gasteiger partial charge in [-0.05, 0) is 57.5 Å². The van der Waals surface area contributed by atoms with E-state index >= 15 is 0 Å². The van der Waals surface area contributed by atoms with Crippen molar-refractivity contribution in [1.29, 1.82) is 0 Å². The van der Waals surface area contributed by atoms with E-state index in [0.29, 0.717) is 6.61 Å². The van der Waals surface area contributed by atoms with Crippen LogP contribution in [0.15, 0.2) is 0 Å². The van der Waals surface area contributed by atoms with Gasteiger partial charge in [-0.3, -0.25) is 0 Å². The second-order valence-corrected chi connectivity index (χ2v) is 5.22. The van der Waals surface area contributed by atoms with Crippen molar-refractivity contribution in [3.63, 3.8) is 0 Å². The molecule has 2 heterocycles. The number of nitrogens with one attached hydrogen (secondary N) is 1. The van der Waals surface area contributed by atoms with Crippen LogP contribution in [0.1, 0.15) is 32.6 Å². The molecule has 4 heteroatoms. The van der Waals surface area contributed by atoms with Crippen LogP contribution in [-0.4, -0.2) is 43.8 Å². The third-order valence-electron chi connectivity index (χ3n) is 3.97. The molecule has 2 rings (SSSR count). The van der Waals surface area contributed by atoms with Gasteiger partial charge in [0.25, 0.3) is 0 Å². The van der Waals surface area contributed by atoms with Crippen molar-refractivity contribution in [2.24, 2.45) is 11.8 Å². The van der Waals surface area contributed by atoms with E-state index in [-0.39, 0.29) is 6.09 Å². The van der Waals surface area contributed by atoms with Crippen LogP contribution in [0.2, 0.25) is 0 Å². The predicted molar refractivity (Wildman–Crippen MR) is 66.9 cm³/mol. The zero-order chi connectivity index (χ0) is 12.1. The lowest BCUT2D eigenvalue weighted by atomic mass is 9.87. The highest BCUT2D eigenvalue weighted by molar-refractivity contribution is 5.67. The maximum atomic E-state index is 11.5. The number of rotatable bonds is 3. The monoisotopic (exact) mass is 240 g/mol. The van der Waals surface area contributed by atoms with E-state index < -0.39 is 0 Å². The normalized spacial score (nSPS) is 26.2. The number of hydrogen-bond donors (Lipinski definition) is 1. The molecule has 2 aliphatic rings. The first kappa shape index (κ1) is 12.7. The number of ether oxygens (including phenoxy) is 1. The SMILES string of the molecule is CCOC(=O)N1CCC(CC2CCNC2)CC1. The number of piperidine rings is 1. The maximum Gasteiger partial charge on any atom is 0.409 e. The van der Waals surface area contributed by atoms with Crippen molar-refractivity contribution in [3.8, 4) is 0 Å². The van der Waals surface area contributed by atoms with Gasteiger partial charge in [-0.15, -0.1) is 0 Å². The van der Waals surface area contributed by atoms with Gasteiger partial charge >= 0.3 is 6.09 Å². The molecule has 98 valence electrons. The van der Waals surface area contributed by atoms with Crippen molar-refractivity contribution in [2.45, 2.75) is 32.6 Å². The van der Waals surface area contributed by atoms with E-state index in [1.54, 1.807) is 0 Å². The molecule has 1 amide bonds. The lowest BCUT2D eigenvalue weighted by Crippen LogP contribution is -2.39. The van der Waals surface area contributed by atoms with Gasteiger partial charge < -0.3 is 15.0 Å². The Morgan fingerprint density at radius 1 is 1.29 bits per heavy atom. The van der Waals surface area contributed by atoms with Crippen LogP contribution in [0, 0.1) is 11.8 Å². The van der Waals surface area contributed by atoms with Gasteiger partial charge in [0, 0.05) is 13.1 Å². The summed E-state index contributed by atoms with van der Waals surface area (Å²) in [6, 6.07) is 0. The number of likely N-dealkylation sites (tertiary alicyclic amines) is 1. The molecule has 0 spiro atoms. The molecule has 0 aromatic carbocycles. The number of carbonyl (C=O) groups excluding carboxylic acids is 1. The summed E-state index contributed by atoms with van der Waals surface area (Å²) in [5.74, 6) is 1.68. The first-order chi connectivity index (χ1) is 8.29. The number of amides is 1. The summed E-state index contributed by atoms with van der Waals surface area (Å²) in [7, 11) is 0. The van der Waals surface area contributed by atoms with E-state index in [4.69, 9.17) is 4.74 Å². The summed E-state index contributed by atoms with van der Waals surface area (Å²) in [6.45, 7) is 6.47. The number of hydrogen-bond acceptors (Lipinski definition) is 3. The molecule has 0 aromatic heterocycles. The summed E-state index contributed by atoms with van der Waals surface area (Å²) >= 11 is 0. The summed E-state index contributed by atoms with van der Waals surface area (Å²) in [6.07, 6.45) is 4.83. The van der Waals surface area contributed by atoms with E-state index in [2.05, 4.69) is 5.32 Å². The number of nitrogens with zero attached hydrogens (tertiary/aromatic N) is 1. The molecule has 17 heavy (non-hydrogen) atoms. The van der Waals surface area contributed by atoms with Crippen LogP contribution in [0.5, 0.6) is 0 Å². The maximum absolute atomic E-state index is 11.5. The highest BCUT2D eigenvalue weighted by atomic mass is 16.6. The smallest absolute Gasteiger partial charge is 0.409 e. The Balaban J connectivity index is 1.68. The molecule has 0 radical (unpaired) electrons. The molecule has 1 atom stereocenters. The minimum Gasteiger partial charge on any atom is -0.450 e. The van der Waals surface area contributed by atoms with Crippen LogP contribution in [-0.2, 0) is 4.74 Å². The summed E-state index contributed by atoms with van der Waals surface area (Å²) < 4.78 is 5.03. The Bertz CT molecular complexity index is 244. The molecule has 0 aromatic rings. The van der Waals surface area contributed by atoms with Crippen LogP contribution >= 0.6 is 0 Å². The quantitative estimate of drug-likeness (QED) is 0.818. The topological polar surface area (TPSA) is 41.6 Å². The van der Waals surface area contributed by atoms with Gasteiger partial charge in [0.2, 0.25) is 0 Å². The standard InChI is InChI=1S/C13H24N2O2/c1-2-17-13(16)15-7-4-11(5-8-15)9-12-3-6-14-10-12/h11-12,14H,2-10H2,1H3. The second kappa shape index (κ2) is 6.24. The Labute approximate surface area is 104 Å². The third-order valence-corrected chi connectivity index (χ3v) is 3.97. The molecule has 4 nitrogen and oxygen atoms in total. The van der Waals surface area contributed by atoms with E-state index in [9.17, 15) is 4.79 Å². The van der Waals surface area contributed by atoms with Gasteiger partial charge in [0.05, 0.1) is 6.61 Å². The minimum atomic E-state index is -0.131. The van der Waals surface area contributed by atoms with Gasteiger partial charge in [0.1, 0.15) is 0 Å². The van der Waals surface area contributed by atoms with E-state index in [0.717, 1.165) is 37.8 Å². The Hall–Kier alpha value is -0.770. The molecular weight excluding hydrogens is 216 g/mol. The lowest BCUT2D eigenvalue weighted by molar-refractivity contribution is 0.0893. The molecule has 2 fully saturated rings. The van der Waals surface area contributed by atoms with Gasteiger partial charge in [-0.25, -0.2) is 4.79 Å². The average molecular weight is 240 g/mol. The number of carbonyl (C=O) groups is 1. The predicted octanol–water partition coefficient (Wildman–Crippen LogP) is 1.85. The molecule has 0 saturated carbocycles. The van der Waals surface area contributed by atoms with Crippen LogP contribution < -0.4 is 5.32 Å². The van der Waals surface area contributed by atoms with Gasteiger partial charge in [-0.1, -0.05) is 0 Å². The fourth-order valence-corrected chi connectivity index (χ4v) is 2.95. The largest absolute Gasteiger partial charge is 0.450 e. The highest BCUT2D eigenvalue weighted by Gasteiger charge is 2.26. The van der Waals surface area contributed by atoms with Gasteiger partial charge in [-0.2, -0.15) is 0 Å². The molecule has 1 unspecified atom stereocenters. The zero-order valence-electron chi connectivity index (χ0n) is 10.8. The van der Waals surface area contributed by atoms with Crippen LogP contribution in [0.25, 0.3) is 0 Å². The first-order valence-corrected chi connectivity index (χ1v) is 6.92. The Morgan fingerprint density at radius 2 is 2.06 bits per heavy atom. The Kier molecular flexibility index (Phi) is 4.66. The molecule has 2 aliphatic heterocycles. The van der Waals surface area contributed by atoms with E-state index in [1.165, 1.54) is 25.9 Å².